The maximum Gasteiger partial charge on any atom is 0.264 e. The summed E-state index contributed by atoms with van der Waals surface area (Å²) in [5, 5.41) is 4.86. The predicted molar refractivity (Wildman–Crippen MR) is 446 cm³/mol. The first-order chi connectivity index (χ1) is 51.6. The second-order valence-corrected chi connectivity index (χ2v) is 32.0. The molecule has 17 aromatic rings. The highest BCUT2D eigenvalue weighted by atomic mass is 32.1. The lowest BCUT2D eigenvalue weighted by Crippen LogP contribution is -2.61. The Labute approximate surface area is 617 Å². The maximum absolute atomic E-state index is 7.44. The quantitative estimate of drug-likeness (QED) is 0.153. The summed E-state index contributed by atoms with van der Waals surface area (Å²) < 4.78 is 12.5. The van der Waals surface area contributed by atoms with Gasteiger partial charge in [0.05, 0.1) is 39.8 Å². The van der Waals surface area contributed by atoms with E-state index >= 15 is 0 Å². The van der Waals surface area contributed by atoms with E-state index in [4.69, 9.17) is 4.42 Å². The fourth-order valence-corrected chi connectivity index (χ4v) is 21.6. The molecule has 23 rings (SSSR count). The van der Waals surface area contributed by atoms with E-state index in [9.17, 15) is 0 Å². The molecule has 14 aromatic carbocycles. The van der Waals surface area contributed by atoms with Crippen LogP contribution in [-0.2, 0) is 10.8 Å². The number of fused-ring (bicyclic) bond motifs is 19. The minimum absolute atomic E-state index is 0.132. The van der Waals surface area contributed by atoms with E-state index in [1.54, 1.807) is 0 Å². The summed E-state index contributed by atoms with van der Waals surface area (Å²) in [6, 6.07) is 119. The molecule has 494 valence electrons. The molecule has 6 aliphatic heterocycles. The van der Waals surface area contributed by atoms with Gasteiger partial charge in [-0.25, -0.2) is 0 Å². The summed E-state index contributed by atoms with van der Waals surface area (Å²) in [6.07, 6.45) is 0. The van der Waals surface area contributed by atoms with Crippen LogP contribution in [0.2, 0.25) is 0 Å². The van der Waals surface area contributed by atoms with Crippen LogP contribution in [-0.4, -0.2) is 13.4 Å². The van der Waals surface area contributed by atoms with Crippen LogP contribution in [0.1, 0.15) is 49.9 Å². The molecule has 0 atom stereocenters. The number of rotatable bonds is 6. The van der Waals surface area contributed by atoms with Gasteiger partial charge in [-0.1, -0.05) is 222 Å². The van der Waals surface area contributed by atoms with Gasteiger partial charge in [-0.2, -0.15) is 0 Å². The van der Waals surface area contributed by atoms with Crippen molar-refractivity contribution in [3.63, 3.8) is 0 Å². The average Bonchev–Trinajstić information content (AvgIpc) is 1.66. The molecule has 0 spiro atoms. The summed E-state index contributed by atoms with van der Waals surface area (Å²) in [5.41, 5.74) is 31.2. The average molecular weight is 1380 g/mol. The third-order valence-electron chi connectivity index (χ3n) is 23.7. The van der Waals surface area contributed by atoms with Crippen LogP contribution in [0, 0.1) is 0 Å². The topological polar surface area (TPSA) is 32.6 Å². The van der Waals surface area contributed by atoms with E-state index in [-0.39, 0.29) is 24.3 Å². The van der Waals surface area contributed by atoms with Gasteiger partial charge < -0.3 is 28.9 Å². The van der Waals surface area contributed by atoms with Crippen molar-refractivity contribution in [3.05, 3.63) is 338 Å². The Hall–Kier alpha value is -12.3. The lowest BCUT2D eigenvalue weighted by atomic mass is 9.33. The van der Waals surface area contributed by atoms with Crippen molar-refractivity contribution in [3.8, 4) is 0 Å². The Morgan fingerprint density at radius 1 is 0.267 bits per heavy atom. The van der Waals surface area contributed by atoms with Crippen molar-refractivity contribution in [1.29, 1.82) is 0 Å². The zero-order valence-electron chi connectivity index (χ0n) is 58.1. The molecular weight excluding hydrogens is 1310 g/mol. The molecule has 6 aliphatic rings. The minimum Gasteiger partial charge on any atom is -0.440 e. The Morgan fingerprint density at radius 2 is 0.629 bits per heavy atom. The number of hydrogen-bond donors (Lipinski definition) is 0. The van der Waals surface area contributed by atoms with Crippen LogP contribution in [0.3, 0.4) is 0 Å². The van der Waals surface area contributed by atoms with E-state index in [1.165, 1.54) is 130 Å². The molecule has 0 saturated heterocycles. The Balaban J connectivity index is 0.811. The lowest BCUT2D eigenvalue weighted by molar-refractivity contribution is 0.622. The summed E-state index contributed by atoms with van der Waals surface area (Å²) in [4.78, 5) is 15.3. The number of hydrogen-bond acceptors (Lipinski definition) is 9. The molecule has 9 heterocycles. The molecule has 7 nitrogen and oxygen atoms in total. The van der Waals surface area contributed by atoms with Crippen molar-refractivity contribution in [2.45, 2.75) is 38.5 Å². The Bertz CT molecular complexity index is 6470. The van der Waals surface area contributed by atoms with E-state index < -0.39 is 0 Å². The standard InChI is InChI=1S/C94H64B2N6OS2/c1-93(2)67-39-19-23-43-73(67)99(74-44-24-20-40-68(74)93)61-50-80-89-81(51-61)101(59-33-13-7-14-34-59)90-64-38-18-28-48-84(64)105-91(90)96(89)72-54-66-65-53-71-77(55-85(65)104-86(66)56-78(72)98(80)58-31-11-6-12-32-58)97(57-29-9-5-10-30-57)79-49-62(100-75-45-25-21-41-69(75)94(3,4)70-42-22-26-46-76(70)100)52-82-88(79)95(71)87-63-37-17-27-47-83(63)103-92(87)102(82)60-35-15-8-16-36-60/h5-56H,1-4H3. The molecule has 0 saturated carbocycles. The van der Waals surface area contributed by atoms with Gasteiger partial charge in [0.25, 0.3) is 13.4 Å². The van der Waals surface area contributed by atoms with Crippen LogP contribution < -0.4 is 61.5 Å². The zero-order chi connectivity index (χ0) is 69.3. The van der Waals surface area contributed by atoms with Crippen molar-refractivity contribution >= 4 is 212 Å². The molecule has 11 heteroatoms. The van der Waals surface area contributed by atoms with E-state index in [1.807, 2.05) is 22.7 Å². The number of furan rings is 1. The van der Waals surface area contributed by atoms with Crippen LogP contribution in [0.15, 0.2) is 320 Å². The van der Waals surface area contributed by atoms with E-state index in [2.05, 4.69) is 373 Å². The highest BCUT2D eigenvalue weighted by molar-refractivity contribution is 7.34. The summed E-state index contributed by atoms with van der Waals surface area (Å²) in [7, 11) is 0. The zero-order valence-corrected chi connectivity index (χ0v) is 59.7. The second-order valence-electron chi connectivity index (χ2n) is 29.9. The third kappa shape index (κ3) is 8.11. The van der Waals surface area contributed by atoms with Crippen LogP contribution in [0.25, 0.3) is 41.2 Å². The fraction of sp³-hybridized carbons (Fsp3) is 0.0638. The lowest BCUT2D eigenvalue weighted by Gasteiger charge is -2.45. The van der Waals surface area contributed by atoms with E-state index in [0.29, 0.717) is 0 Å². The molecule has 0 unspecified atom stereocenters. The van der Waals surface area contributed by atoms with Crippen LogP contribution in [0.4, 0.5) is 103 Å². The summed E-state index contributed by atoms with van der Waals surface area (Å²) in [5.74, 6) is 0.837. The molecule has 0 fully saturated rings. The monoisotopic (exact) mass is 1380 g/mol. The highest BCUT2D eigenvalue weighted by Crippen LogP contribution is 2.59. The van der Waals surface area contributed by atoms with Gasteiger partial charge in [0, 0.05) is 103 Å². The predicted octanol–water partition coefficient (Wildman–Crippen LogP) is 22.4. The summed E-state index contributed by atoms with van der Waals surface area (Å²) >= 11 is 3.86. The van der Waals surface area contributed by atoms with Gasteiger partial charge in [0.1, 0.15) is 5.58 Å². The second kappa shape index (κ2) is 21.7. The van der Waals surface area contributed by atoms with Gasteiger partial charge in [0.2, 0.25) is 5.88 Å². The molecule has 0 amide bonds. The normalized spacial score (nSPS) is 15.0. The largest absolute Gasteiger partial charge is 0.440 e. The first kappa shape index (κ1) is 59.3. The highest BCUT2D eigenvalue weighted by Gasteiger charge is 2.51. The van der Waals surface area contributed by atoms with Crippen LogP contribution >= 0.6 is 22.7 Å². The van der Waals surface area contributed by atoms with Crippen molar-refractivity contribution in [1.82, 2.24) is 0 Å². The van der Waals surface area contributed by atoms with Crippen molar-refractivity contribution < 1.29 is 4.42 Å². The third-order valence-corrected chi connectivity index (χ3v) is 26.0. The molecule has 0 bridgehead atoms. The molecule has 0 radical (unpaired) electrons. The SMILES string of the molecule is CC1(C)c2ccccc2N(c2cc3c4c(c2)N(c2ccccc2)c2oc5ccccc5c2B4c2cc4c(cc2N3c2ccccc2)sc2cc3c(cc24)B2c4sc5ccccc5c4N(c4ccccc4)c4cc(N5c6ccccc6C(C)(C)c6ccccc65)cc(c42)N3c2ccccc2)c2ccccc21. The molecular formula is C94H64B2N6OS2. The number of benzene rings is 14. The molecule has 0 aliphatic carbocycles. The van der Waals surface area contributed by atoms with Crippen molar-refractivity contribution in [2.24, 2.45) is 0 Å². The first-order valence-electron chi connectivity index (χ1n) is 36.5. The van der Waals surface area contributed by atoms with Gasteiger partial charge in [-0.3, -0.25) is 4.90 Å². The number of nitrogens with zero attached hydrogens (tertiary/aromatic N) is 6. The smallest absolute Gasteiger partial charge is 0.264 e. The summed E-state index contributed by atoms with van der Waals surface area (Å²) in [6.45, 7) is 9.14. The van der Waals surface area contributed by atoms with Crippen LogP contribution in [0.5, 0.6) is 0 Å². The molecule has 0 N–H and O–H groups in total. The number of para-hydroxylation sites is 9. The van der Waals surface area contributed by atoms with Gasteiger partial charge >= 0.3 is 0 Å². The number of anilines is 18. The van der Waals surface area contributed by atoms with Gasteiger partial charge in [0.15, 0.2) is 0 Å². The minimum atomic E-state index is -0.246. The van der Waals surface area contributed by atoms with Gasteiger partial charge in [-0.05, 0) is 176 Å². The Morgan fingerprint density at radius 3 is 1.11 bits per heavy atom. The maximum atomic E-state index is 7.44. The fourth-order valence-electron chi connectivity index (χ4n) is 19.2. The Kier molecular flexibility index (Phi) is 12.2. The van der Waals surface area contributed by atoms with Gasteiger partial charge in [-0.15, -0.1) is 22.7 Å². The molecule has 105 heavy (non-hydrogen) atoms. The molecule has 3 aromatic heterocycles. The van der Waals surface area contributed by atoms with E-state index in [0.717, 1.165) is 68.0 Å². The van der Waals surface area contributed by atoms with Crippen molar-refractivity contribution in [2.75, 3.05) is 29.4 Å². The first-order valence-corrected chi connectivity index (χ1v) is 38.1. The number of thiophene rings is 2.